The van der Waals surface area contributed by atoms with Gasteiger partial charge in [0.05, 0.1) is 12.6 Å². The van der Waals surface area contributed by atoms with E-state index in [9.17, 15) is 9.59 Å². The first kappa shape index (κ1) is 23.2. The van der Waals surface area contributed by atoms with Crippen LogP contribution in [0.1, 0.15) is 65.6 Å². The van der Waals surface area contributed by atoms with Crippen LogP contribution in [0, 0.1) is 5.92 Å². The van der Waals surface area contributed by atoms with Crippen molar-refractivity contribution >= 4 is 11.8 Å². The third-order valence-corrected chi connectivity index (χ3v) is 4.34. The van der Waals surface area contributed by atoms with Gasteiger partial charge in [-0.1, -0.05) is 38.1 Å². The van der Waals surface area contributed by atoms with Gasteiger partial charge in [0.2, 0.25) is 0 Å². The Balaban J connectivity index is 2.54. The Morgan fingerprint density at radius 1 is 1.00 bits per heavy atom. The maximum atomic E-state index is 12.4. The molecule has 0 aliphatic rings. The normalized spacial score (nSPS) is 13.9. The van der Waals surface area contributed by atoms with E-state index in [2.05, 4.69) is 48.7 Å². The van der Waals surface area contributed by atoms with E-state index in [0.29, 0.717) is 19.0 Å². The van der Waals surface area contributed by atoms with Crippen molar-refractivity contribution in [3.05, 3.63) is 35.4 Å². The monoisotopic (exact) mass is 376 g/mol. The summed E-state index contributed by atoms with van der Waals surface area (Å²) in [7, 11) is 0. The van der Waals surface area contributed by atoms with Crippen LogP contribution in [0.5, 0.6) is 0 Å². The molecular formula is C22H38N3O2+. The van der Waals surface area contributed by atoms with Gasteiger partial charge >= 0.3 is 0 Å². The zero-order valence-electron chi connectivity index (χ0n) is 18.1. The molecular weight excluding hydrogens is 338 g/mol. The molecule has 0 aliphatic carbocycles. The Bertz CT molecular complexity index is 603. The number of amides is 2. The van der Waals surface area contributed by atoms with E-state index in [-0.39, 0.29) is 23.4 Å². The minimum absolute atomic E-state index is 0.0269. The standard InChI is InChI=1S/C22H37N3O2/c1-8-25(15-21(27)24-22(5,6)7)14-20(26)23-17(4)19-11-9-18(10-12-19)13-16(2)3/h9-12,16-17H,8,13-15H2,1-7H3,(H,23,26)(H,24,27)/p+1/t17-/m1/s1. The molecule has 0 saturated carbocycles. The first-order valence-corrected chi connectivity index (χ1v) is 10.0. The van der Waals surface area contributed by atoms with E-state index in [1.54, 1.807) is 0 Å². The van der Waals surface area contributed by atoms with Crippen molar-refractivity contribution in [2.75, 3.05) is 19.6 Å². The molecule has 0 bridgehead atoms. The average molecular weight is 377 g/mol. The lowest BCUT2D eigenvalue weighted by molar-refractivity contribution is -0.881. The number of quaternary nitrogens is 1. The van der Waals surface area contributed by atoms with Crippen LogP contribution in [-0.4, -0.2) is 37.0 Å². The second-order valence-electron chi connectivity index (χ2n) is 8.88. The Hall–Kier alpha value is -1.88. The van der Waals surface area contributed by atoms with Crippen molar-refractivity contribution in [3.63, 3.8) is 0 Å². The highest BCUT2D eigenvalue weighted by Gasteiger charge is 2.21. The maximum absolute atomic E-state index is 12.4. The Morgan fingerprint density at radius 2 is 1.56 bits per heavy atom. The van der Waals surface area contributed by atoms with Crippen molar-refractivity contribution < 1.29 is 14.5 Å². The molecule has 5 heteroatoms. The van der Waals surface area contributed by atoms with Crippen molar-refractivity contribution in [3.8, 4) is 0 Å². The van der Waals surface area contributed by atoms with Gasteiger partial charge in [0.25, 0.3) is 11.8 Å². The Morgan fingerprint density at radius 3 is 2.04 bits per heavy atom. The van der Waals surface area contributed by atoms with Gasteiger partial charge in [-0.25, -0.2) is 0 Å². The predicted molar refractivity (Wildman–Crippen MR) is 111 cm³/mol. The largest absolute Gasteiger partial charge is 0.347 e. The van der Waals surface area contributed by atoms with Crippen molar-refractivity contribution in [2.45, 2.75) is 66.5 Å². The van der Waals surface area contributed by atoms with Gasteiger partial charge < -0.3 is 15.5 Å². The predicted octanol–water partition coefficient (Wildman–Crippen LogP) is 1.88. The smallest absolute Gasteiger partial charge is 0.275 e. The van der Waals surface area contributed by atoms with Crippen LogP contribution in [0.2, 0.25) is 0 Å². The summed E-state index contributed by atoms with van der Waals surface area (Å²) >= 11 is 0. The molecule has 2 amide bonds. The van der Waals surface area contributed by atoms with Crippen LogP contribution in [-0.2, 0) is 16.0 Å². The third kappa shape index (κ3) is 9.57. The molecule has 1 aromatic rings. The number of nitrogens with one attached hydrogen (secondary N) is 3. The lowest BCUT2D eigenvalue weighted by Crippen LogP contribution is -3.14. The molecule has 27 heavy (non-hydrogen) atoms. The highest BCUT2D eigenvalue weighted by molar-refractivity contribution is 5.79. The molecule has 0 fully saturated rings. The van der Waals surface area contributed by atoms with Crippen LogP contribution >= 0.6 is 0 Å². The first-order chi connectivity index (χ1) is 12.5. The molecule has 2 atom stereocenters. The zero-order chi connectivity index (χ0) is 20.6. The van der Waals surface area contributed by atoms with E-state index in [4.69, 9.17) is 0 Å². The summed E-state index contributed by atoms with van der Waals surface area (Å²) in [6, 6.07) is 8.40. The number of benzene rings is 1. The molecule has 1 unspecified atom stereocenters. The second kappa shape index (κ2) is 10.5. The summed E-state index contributed by atoms with van der Waals surface area (Å²) in [5.74, 6) is 0.571. The molecule has 0 heterocycles. The van der Waals surface area contributed by atoms with Gasteiger partial charge in [-0.15, -0.1) is 0 Å². The van der Waals surface area contributed by atoms with Crippen molar-refractivity contribution in [1.82, 2.24) is 10.6 Å². The van der Waals surface area contributed by atoms with Crippen LogP contribution in [0.4, 0.5) is 0 Å². The van der Waals surface area contributed by atoms with E-state index in [1.165, 1.54) is 5.56 Å². The zero-order valence-corrected chi connectivity index (χ0v) is 18.1. The Labute approximate surface area is 164 Å². The highest BCUT2D eigenvalue weighted by Crippen LogP contribution is 2.15. The molecule has 0 spiro atoms. The van der Waals surface area contributed by atoms with Crippen LogP contribution in [0.3, 0.4) is 0 Å². The van der Waals surface area contributed by atoms with E-state index in [1.807, 2.05) is 34.6 Å². The minimum atomic E-state index is -0.256. The van der Waals surface area contributed by atoms with Gasteiger partial charge in [0.15, 0.2) is 13.1 Å². The van der Waals surface area contributed by atoms with Gasteiger partial charge in [-0.3, -0.25) is 9.59 Å². The van der Waals surface area contributed by atoms with Crippen molar-refractivity contribution in [1.29, 1.82) is 0 Å². The molecule has 0 aromatic heterocycles. The summed E-state index contributed by atoms with van der Waals surface area (Å²) in [6.45, 7) is 15.6. The number of carbonyl (C=O) groups excluding carboxylic acids is 2. The number of likely N-dealkylation sites (N-methyl/N-ethyl adjacent to an activating group) is 1. The van der Waals surface area contributed by atoms with E-state index < -0.39 is 0 Å². The molecule has 1 aromatic carbocycles. The summed E-state index contributed by atoms with van der Waals surface area (Å²) in [5.41, 5.74) is 2.16. The summed E-state index contributed by atoms with van der Waals surface area (Å²) < 4.78 is 0. The Kier molecular flexibility index (Phi) is 8.97. The summed E-state index contributed by atoms with van der Waals surface area (Å²) in [4.78, 5) is 25.5. The quantitative estimate of drug-likeness (QED) is 0.616. The third-order valence-electron chi connectivity index (χ3n) is 4.34. The molecule has 0 aliphatic heterocycles. The molecule has 5 nitrogen and oxygen atoms in total. The fourth-order valence-corrected chi connectivity index (χ4v) is 3.02. The number of rotatable bonds is 9. The fourth-order valence-electron chi connectivity index (χ4n) is 3.02. The summed E-state index contributed by atoms with van der Waals surface area (Å²) in [5, 5.41) is 6.00. The van der Waals surface area contributed by atoms with Crippen LogP contribution < -0.4 is 15.5 Å². The average Bonchev–Trinajstić information content (AvgIpc) is 2.52. The van der Waals surface area contributed by atoms with E-state index in [0.717, 1.165) is 23.4 Å². The lowest BCUT2D eigenvalue weighted by atomic mass is 10.00. The maximum Gasteiger partial charge on any atom is 0.275 e. The van der Waals surface area contributed by atoms with Crippen molar-refractivity contribution in [2.24, 2.45) is 5.92 Å². The number of hydrogen-bond acceptors (Lipinski definition) is 2. The fraction of sp³-hybridized carbons (Fsp3) is 0.636. The topological polar surface area (TPSA) is 62.6 Å². The molecule has 0 radical (unpaired) electrons. The van der Waals surface area contributed by atoms with Crippen LogP contribution in [0.15, 0.2) is 24.3 Å². The highest BCUT2D eigenvalue weighted by atomic mass is 16.2. The van der Waals surface area contributed by atoms with Crippen LogP contribution in [0.25, 0.3) is 0 Å². The van der Waals surface area contributed by atoms with Gasteiger partial charge in [-0.05, 0) is 58.1 Å². The van der Waals surface area contributed by atoms with Gasteiger partial charge in [0, 0.05) is 5.54 Å². The first-order valence-electron chi connectivity index (χ1n) is 10.0. The molecule has 152 valence electrons. The minimum Gasteiger partial charge on any atom is -0.347 e. The molecule has 3 N–H and O–H groups in total. The second-order valence-corrected chi connectivity index (χ2v) is 8.88. The molecule has 0 saturated heterocycles. The summed E-state index contributed by atoms with van der Waals surface area (Å²) in [6.07, 6.45) is 1.06. The number of carbonyl (C=O) groups is 2. The van der Waals surface area contributed by atoms with Gasteiger partial charge in [-0.2, -0.15) is 0 Å². The van der Waals surface area contributed by atoms with Gasteiger partial charge in [0.1, 0.15) is 0 Å². The lowest BCUT2D eigenvalue weighted by Gasteiger charge is -2.23. The number of hydrogen-bond donors (Lipinski definition) is 3. The SMILES string of the molecule is CC[NH+](CC(=O)N[C@H](C)c1ccc(CC(C)C)cc1)CC(=O)NC(C)(C)C. The van der Waals surface area contributed by atoms with E-state index >= 15 is 0 Å². The molecule has 1 rings (SSSR count).